The summed E-state index contributed by atoms with van der Waals surface area (Å²) in [5, 5.41) is 8.77. The summed E-state index contributed by atoms with van der Waals surface area (Å²) >= 11 is 0. The first-order chi connectivity index (χ1) is 7.18. The summed E-state index contributed by atoms with van der Waals surface area (Å²) in [6.07, 6.45) is 2.00. The largest absolute Gasteiger partial charge is 0.493 e. The fourth-order valence-electron chi connectivity index (χ4n) is 1.69. The van der Waals surface area contributed by atoms with Crippen LogP contribution < -0.4 is 10.5 Å². The minimum absolute atomic E-state index is 0.586. The molecule has 1 aromatic carbocycles. The number of rotatable bonds is 2. The highest BCUT2D eigenvalue weighted by Crippen LogP contribution is 2.27. The lowest BCUT2D eigenvalue weighted by Gasteiger charge is -2.18. The van der Waals surface area contributed by atoms with E-state index in [9.17, 15) is 4.79 Å². The molecule has 2 rings (SSSR count). The van der Waals surface area contributed by atoms with Gasteiger partial charge < -0.3 is 15.6 Å². The first kappa shape index (κ1) is 9.98. The summed E-state index contributed by atoms with van der Waals surface area (Å²) in [5.74, 6) is -0.249. The highest BCUT2D eigenvalue weighted by molar-refractivity contribution is 5.75. The molecule has 1 aliphatic rings. The number of benzene rings is 1. The molecular weight excluding hydrogens is 194 g/mol. The van der Waals surface area contributed by atoms with E-state index >= 15 is 0 Å². The molecule has 80 valence electrons. The third-order valence-electron chi connectivity index (χ3n) is 2.56. The predicted octanol–water partition coefficient (Wildman–Crippen LogP) is 1.10. The van der Waals surface area contributed by atoms with Crippen LogP contribution in [0.2, 0.25) is 0 Å². The van der Waals surface area contributed by atoms with Gasteiger partial charge in [0, 0.05) is 0 Å². The van der Waals surface area contributed by atoms with E-state index in [4.69, 9.17) is 15.6 Å². The van der Waals surface area contributed by atoms with E-state index in [1.165, 1.54) is 0 Å². The van der Waals surface area contributed by atoms with Crippen molar-refractivity contribution in [2.45, 2.75) is 18.9 Å². The van der Waals surface area contributed by atoms with Crippen LogP contribution in [0.4, 0.5) is 0 Å². The highest BCUT2D eigenvalue weighted by atomic mass is 16.5. The Morgan fingerprint density at radius 1 is 1.53 bits per heavy atom. The van der Waals surface area contributed by atoms with Gasteiger partial charge in [-0.05, 0) is 30.0 Å². The molecule has 0 spiro atoms. The van der Waals surface area contributed by atoms with E-state index in [1.54, 1.807) is 12.1 Å². The molecule has 0 aliphatic carbocycles. The van der Waals surface area contributed by atoms with Crippen LogP contribution in [0.5, 0.6) is 5.75 Å². The molecule has 0 saturated carbocycles. The topological polar surface area (TPSA) is 72.6 Å². The number of fused-ring (bicyclic) bond motifs is 1. The molecule has 1 heterocycles. The summed E-state index contributed by atoms with van der Waals surface area (Å²) in [7, 11) is 0. The molecular formula is C11H13NO3. The Morgan fingerprint density at radius 3 is 3.07 bits per heavy atom. The predicted molar refractivity (Wildman–Crippen MR) is 54.8 cm³/mol. The summed E-state index contributed by atoms with van der Waals surface area (Å²) in [5.41, 5.74) is 7.23. The molecule has 0 fully saturated rings. The Morgan fingerprint density at radius 2 is 2.33 bits per heavy atom. The number of carbonyl (C=O) groups is 1. The van der Waals surface area contributed by atoms with Gasteiger partial charge >= 0.3 is 5.97 Å². The van der Waals surface area contributed by atoms with Crippen molar-refractivity contribution in [3.63, 3.8) is 0 Å². The number of aliphatic carboxylic acids is 1. The Kier molecular flexibility index (Phi) is 2.60. The quantitative estimate of drug-likeness (QED) is 0.761. The molecule has 1 aromatic rings. The van der Waals surface area contributed by atoms with Gasteiger partial charge in [-0.1, -0.05) is 12.1 Å². The lowest BCUT2D eigenvalue weighted by molar-refractivity contribution is -0.138. The van der Waals surface area contributed by atoms with Gasteiger partial charge in [0.15, 0.2) is 0 Å². The van der Waals surface area contributed by atoms with Crippen LogP contribution in [0.15, 0.2) is 18.2 Å². The summed E-state index contributed by atoms with van der Waals surface area (Å²) in [4.78, 5) is 10.7. The first-order valence-corrected chi connectivity index (χ1v) is 4.92. The van der Waals surface area contributed by atoms with Crippen LogP contribution in [0.1, 0.15) is 23.6 Å². The highest BCUT2D eigenvalue weighted by Gasteiger charge is 2.17. The third kappa shape index (κ3) is 1.94. The van der Waals surface area contributed by atoms with Crippen molar-refractivity contribution < 1.29 is 14.6 Å². The monoisotopic (exact) mass is 207 g/mol. The summed E-state index contributed by atoms with van der Waals surface area (Å²) < 4.78 is 5.45. The van der Waals surface area contributed by atoms with Gasteiger partial charge in [-0.25, -0.2) is 0 Å². The zero-order chi connectivity index (χ0) is 10.8. The average molecular weight is 207 g/mol. The van der Waals surface area contributed by atoms with E-state index in [0.717, 1.165) is 24.2 Å². The van der Waals surface area contributed by atoms with Crippen molar-refractivity contribution in [1.82, 2.24) is 0 Å². The Balaban J connectivity index is 2.31. The molecule has 4 heteroatoms. The van der Waals surface area contributed by atoms with Crippen LogP contribution >= 0.6 is 0 Å². The number of carboxylic acid groups (broad SMARTS) is 1. The zero-order valence-corrected chi connectivity index (χ0v) is 8.27. The molecule has 15 heavy (non-hydrogen) atoms. The van der Waals surface area contributed by atoms with E-state index in [-0.39, 0.29) is 0 Å². The molecule has 3 N–H and O–H groups in total. The van der Waals surface area contributed by atoms with Crippen molar-refractivity contribution in [2.24, 2.45) is 5.73 Å². The van der Waals surface area contributed by atoms with Gasteiger partial charge in [0.25, 0.3) is 0 Å². The number of nitrogens with two attached hydrogens (primary N) is 1. The minimum Gasteiger partial charge on any atom is -0.493 e. The molecule has 0 aromatic heterocycles. The maximum atomic E-state index is 10.7. The van der Waals surface area contributed by atoms with Gasteiger partial charge in [0.2, 0.25) is 0 Å². The SMILES string of the molecule is NC(C(=O)O)c1ccc2c(c1)OCCC2. The van der Waals surface area contributed by atoms with Gasteiger partial charge in [-0.3, -0.25) is 4.79 Å². The molecule has 0 saturated heterocycles. The van der Waals surface area contributed by atoms with E-state index in [0.29, 0.717) is 12.2 Å². The lowest BCUT2D eigenvalue weighted by Crippen LogP contribution is -2.21. The van der Waals surface area contributed by atoms with Crippen LogP contribution in [0, 0.1) is 0 Å². The number of hydrogen-bond acceptors (Lipinski definition) is 3. The number of hydrogen-bond donors (Lipinski definition) is 2. The number of aryl methyl sites for hydroxylation is 1. The van der Waals surface area contributed by atoms with Gasteiger partial charge in [0.05, 0.1) is 6.61 Å². The standard InChI is InChI=1S/C11H13NO3/c12-10(11(13)14)8-4-3-7-2-1-5-15-9(7)6-8/h3-4,6,10H,1-2,5,12H2,(H,13,14). The second kappa shape index (κ2) is 3.90. The molecule has 0 bridgehead atoms. The second-order valence-corrected chi connectivity index (χ2v) is 3.64. The Labute approximate surface area is 87.7 Å². The maximum Gasteiger partial charge on any atom is 0.325 e. The van der Waals surface area contributed by atoms with Crippen molar-refractivity contribution >= 4 is 5.97 Å². The van der Waals surface area contributed by atoms with Crippen molar-refractivity contribution in [1.29, 1.82) is 0 Å². The molecule has 0 amide bonds. The van der Waals surface area contributed by atoms with E-state index < -0.39 is 12.0 Å². The van der Waals surface area contributed by atoms with Gasteiger partial charge in [-0.2, -0.15) is 0 Å². The molecule has 1 unspecified atom stereocenters. The molecule has 0 radical (unpaired) electrons. The van der Waals surface area contributed by atoms with Crippen LogP contribution in [0.3, 0.4) is 0 Å². The molecule has 1 atom stereocenters. The zero-order valence-electron chi connectivity index (χ0n) is 8.27. The normalized spacial score (nSPS) is 16.3. The third-order valence-corrected chi connectivity index (χ3v) is 2.56. The van der Waals surface area contributed by atoms with Crippen LogP contribution in [0.25, 0.3) is 0 Å². The van der Waals surface area contributed by atoms with Gasteiger partial charge in [0.1, 0.15) is 11.8 Å². The fraction of sp³-hybridized carbons (Fsp3) is 0.364. The molecule has 4 nitrogen and oxygen atoms in total. The average Bonchev–Trinajstić information content (AvgIpc) is 2.27. The van der Waals surface area contributed by atoms with E-state index in [2.05, 4.69) is 0 Å². The number of ether oxygens (including phenoxy) is 1. The smallest absolute Gasteiger partial charge is 0.325 e. The fourth-order valence-corrected chi connectivity index (χ4v) is 1.69. The Bertz CT molecular complexity index is 389. The van der Waals surface area contributed by atoms with Crippen LogP contribution in [-0.4, -0.2) is 17.7 Å². The number of carboxylic acids is 1. The maximum absolute atomic E-state index is 10.7. The van der Waals surface area contributed by atoms with Crippen molar-refractivity contribution in [3.05, 3.63) is 29.3 Å². The molecule has 1 aliphatic heterocycles. The van der Waals surface area contributed by atoms with Crippen molar-refractivity contribution in [2.75, 3.05) is 6.61 Å². The minimum atomic E-state index is -1.02. The van der Waals surface area contributed by atoms with Crippen molar-refractivity contribution in [3.8, 4) is 5.75 Å². The lowest BCUT2D eigenvalue weighted by atomic mass is 10.0. The first-order valence-electron chi connectivity index (χ1n) is 4.92. The Hall–Kier alpha value is -1.55. The second-order valence-electron chi connectivity index (χ2n) is 3.64. The van der Waals surface area contributed by atoms with E-state index in [1.807, 2.05) is 6.07 Å². The van der Waals surface area contributed by atoms with Gasteiger partial charge in [-0.15, -0.1) is 0 Å². The van der Waals surface area contributed by atoms with Crippen LogP contribution in [-0.2, 0) is 11.2 Å². The summed E-state index contributed by atoms with van der Waals surface area (Å²) in [6.45, 7) is 0.693. The summed E-state index contributed by atoms with van der Waals surface area (Å²) in [6, 6.07) is 4.41.